The molecule has 1 amide bonds. The minimum Gasteiger partial charge on any atom is -0.437 e. The Hall–Kier alpha value is -1.42. The second-order valence-electron chi connectivity index (χ2n) is 10.6. The summed E-state index contributed by atoms with van der Waals surface area (Å²) in [6.07, 6.45) is -2.65. The number of aliphatic hydroxyl groups excluding tert-OH is 2. The maximum absolute atomic E-state index is 12.6. The number of carbonyl (C=O) groups is 1. The molecule has 0 aromatic carbocycles. The molecule has 0 bridgehead atoms. The molecule has 12 heteroatoms. The van der Waals surface area contributed by atoms with Crippen molar-refractivity contribution in [2.75, 3.05) is 11.9 Å². The van der Waals surface area contributed by atoms with E-state index >= 15 is 0 Å². The smallest absolute Gasteiger partial charge is 0.351 e. The molecule has 1 aromatic heterocycles. The fourth-order valence-electron chi connectivity index (χ4n) is 4.80. The Morgan fingerprint density at radius 2 is 1.77 bits per heavy atom. The zero-order valence-electron chi connectivity index (χ0n) is 22.4. The van der Waals surface area contributed by atoms with Gasteiger partial charge in [0.25, 0.3) is 0 Å². The first-order chi connectivity index (χ1) is 16.2. The lowest BCUT2D eigenvalue weighted by Gasteiger charge is -2.44. The van der Waals surface area contributed by atoms with Gasteiger partial charge in [0, 0.05) is 13.1 Å². The summed E-state index contributed by atoms with van der Waals surface area (Å²) >= 11 is 0. The van der Waals surface area contributed by atoms with Crippen molar-refractivity contribution in [2.24, 2.45) is 0 Å². The molecule has 0 unspecified atom stereocenters. The van der Waals surface area contributed by atoms with E-state index < -0.39 is 47.8 Å². The Morgan fingerprint density at radius 3 is 2.20 bits per heavy atom. The Bertz CT molecular complexity index is 893. The molecule has 1 aliphatic heterocycles. The highest BCUT2D eigenvalue weighted by molar-refractivity contribution is 6.78. The number of amides is 1. The number of aliphatic hydroxyl groups is 2. The lowest BCUT2D eigenvalue weighted by molar-refractivity contribution is -0.114. The molecule has 200 valence electrons. The summed E-state index contributed by atoms with van der Waals surface area (Å²) in [5.74, 6) is -0.246. The van der Waals surface area contributed by atoms with Gasteiger partial charge in [-0.05, 0) is 28.2 Å². The third kappa shape index (κ3) is 6.67. The summed E-state index contributed by atoms with van der Waals surface area (Å²) in [6.45, 7) is 18.0. The van der Waals surface area contributed by atoms with Gasteiger partial charge in [-0.25, -0.2) is 4.79 Å². The van der Waals surface area contributed by atoms with Crippen molar-refractivity contribution in [1.29, 1.82) is 0 Å². The first-order valence-corrected chi connectivity index (χ1v) is 16.2. The number of hydrogen-bond donors (Lipinski definition) is 3. The fourth-order valence-corrected chi connectivity index (χ4v) is 15.2. The number of nitrogens with one attached hydrogen (secondary N) is 1. The van der Waals surface area contributed by atoms with Crippen LogP contribution in [0.25, 0.3) is 0 Å². The highest BCUT2D eigenvalue weighted by Gasteiger charge is 2.55. The third-order valence-corrected chi connectivity index (χ3v) is 15.5. The lowest BCUT2D eigenvalue weighted by Crippen LogP contribution is -2.57. The van der Waals surface area contributed by atoms with Gasteiger partial charge in [-0.15, -0.1) is 0 Å². The Kier molecular flexibility index (Phi) is 10.4. The first-order valence-electron chi connectivity index (χ1n) is 12.4. The number of hydrogen-bond acceptors (Lipinski definition) is 8. The second-order valence-corrected chi connectivity index (χ2v) is 19.1. The molecule has 0 radical (unpaired) electrons. The topological polar surface area (TPSA) is 132 Å². The van der Waals surface area contributed by atoms with E-state index in [1.807, 2.05) is 0 Å². The average Bonchev–Trinajstić information content (AvgIpc) is 3.04. The molecule has 2 heterocycles. The Balaban J connectivity index is 2.42. The van der Waals surface area contributed by atoms with Crippen LogP contribution in [0, 0.1) is 0 Å². The summed E-state index contributed by atoms with van der Waals surface area (Å²) in [4.78, 5) is 27.8. The molecule has 1 saturated heterocycles. The highest BCUT2D eigenvalue weighted by atomic mass is 28.4. The van der Waals surface area contributed by atoms with Crippen LogP contribution in [-0.2, 0) is 18.1 Å². The van der Waals surface area contributed by atoms with Crippen LogP contribution in [0.3, 0.4) is 0 Å². The molecular weight excluding hydrogens is 486 g/mol. The van der Waals surface area contributed by atoms with E-state index in [-0.39, 0.29) is 29.4 Å². The molecule has 0 aliphatic carbocycles. The number of anilines is 1. The molecule has 0 saturated carbocycles. The minimum absolute atomic E-state index is 0.0851. The summed E-state index contributed by atoms with van der Waals surface area (Å²) in [5.41, 5.74) is 0.280. The van der Waals surface area contributed by atoms with Crippen molar-refractivity contribution < 1.29 is 28.3 Å². The molecule has 1 fully saturated rings. The third-order valence-electron chi connectivity index (χ3n) is 6.46. The van der Waals surface area contributed by atoms with E-state index in [1.54, 1.807) is 0 Å². The van der Waals surface area contributed by atoms with Gasteiger partial charge in [-0.1, -0.05) is 55.4 Å². The van der Waals surface area contributed by atoms with Crippen molar-refractivity contribution in [2.45, 2.75) is 109 Å². The van der Waals surface area contributed by atoms with Crippen molar-refractivity contribution >= 4 is 29.3 Å². The number of carbonyl (C=O) groups excluding carboxylic acids is 1. The number of nitrogens with zero attached hydrogens (tertiary/aromatic N) is 2. The molecule has 1 aromatic rings. The molecule has 0 spiro atoms. The average molecular weight is 530 g/mol. The van der Waals surface area contributed by atoms with E-state index in [9.17, 15) is 19.8 Å². The van der Waals surface area contributed by atoms with Crippen LogP contribution in [0.2, 0.25) is 22.2 Å². The molecule has 3 N–H and O–H groups in total. The predicted molar refractivity (Wildman–Crippen MR) is 139 cm³/mol. The second kappa shape index (κ2) is 12.2. The molecule has 4 atom stereocenters. The molecule has 10 nitrogen and oxygen atoms in total. The number of rotatable bonds is 11. The quantitative estimate of drug-likeness (QED) is 0.373. The number of ether oxygens (including phenoxy) is 1. The maximum Gasteiger partial charge on any atom is 0.351 e. The van der Waals surface area contributed by atoms with Crippen LogP contribution in [0.4, 0.5) is 5.82 Å². The van der Waals surface area contributed by atoms with E-state index in [0.29, 0.717) is 11.1 Å². The summed E-state index contributed by atoms with van der Waals surface area (Å²) < 4.78 is 20.8. The van der Waals surface area contributed by atoms with Crippen LogP contribution in [-0.4, -0.2) is 68.2 Å². The largest absolute Gasteiger partial charge is 0.437 e. The summed E-state index contributed by atoms with van der Waals surface area (Å²) in [5, 5.41) is 23.8. The zero-order valence-corrected chi connectivity index (χ0v) is 24.5. The molecule has 35 heavy (non-hydrogen) atoms. The fraction of sp³-hybridized carbons (Fsp3) is 0.783. The Morgan fingerprint density at radius 1 is 1.20 bits per heavy atom. The Labute approximate surface area is 211 Å². The zero-order chi connectivity index (χ0) is 26.7. The first kappa shape index (κ1) is 29.8. The van der Waals surface area contributed by atoms with Crippen molar-refractivity contribution in [1.82, 2.24) is 9.55 Å². The van der Waals surface area contributed by atoms with Crippen molar-refractivity contribution in [3.8, 4) is 0 Å². The van der Waals surface area contributed by atoms with E-state index in [2.05, 4.69) is 65.7 Å². The molecule has 1 aliphatic rings. The van der Waals surface area contributed by atoms with E-state index in [1.165, 1.54) is 19.2 Å². The van der Waals surface area contributed by atoms with Gasteiger partial charge in [0.1, 0.15) is 24.1 Å². The van der Waals surface area contributed by atoms with E-state index in [0.717, 1.165) is 4.57 Å². The van der Waals surface area contributed by atoms with Gasteiger partial charge < -0.3 is 28.8 Å². The lowest BCUT2D eigenvalue weighted by atomic mass is 10.1. The highest BCUT2D eigenvalue weighted by Crippen LogP contribution is 2.42. The van der Waals surface area contributed by atoms with Gasteiger partial charge in [0.15, 0.2) is 15.3 Å². The van der Waals surface area contributed by atoms with Gasteiger partial charge in [-0.2, -0.15) is 4.98 Å². The number of aromatic nitrogens is 2. The van der Waals surface area contributed by atoms with Gasteiger partial charge in [0.2, 0.25) is 5.91 Å². The van der Waals surface area contributed by atoms with Crippen LogP contribution in [0.5, 0.6) is 0 Å². The standard InChI is InChI=1S/C23H43N3O7Si2/c1-13(2)34(14(3)4)33-35(15(5)6,16(7)8)32-21-18(12-27)31-22(20(21)29)26-11-10-19(24-17(9)28)25-23(26)30/h10-11,13-16,18,20-22,27,29,34H,12H2,1-9H3,(H,24,25,28,30)/t18-,20-,21-,22-/m1/s1. The normalized spacial score (nSPS) is 23.3. The monoisotopic (exact) mass is 529 g/mol. The van der Waals surface area contributed by atoms with Gasteiger partial charge >= 0.3 is 14.3 Å². The minimum atomic E-state index is -2.92. The van der Waals surface area contributed by atoms with Crippen LogP contribution < -0.4 is 11.0 Å². The molecule has 2 rings (SSSR count). The van der Waals surface area contributed by atoms with Crippen molar-refractivity contribution in [3.05, 3.63) is 22.7 Å². The van der Waals surface area contributed by atoms with Gasteiger partial charge in [-0.3, -0.25) is 9.36 Å². The molecular formula is C23H43N3O7Si2. The summed E-state index contributed by atoms with van der Waals surface area (Å²) in [6, 6.07) is 1.45. The predicted octanol–water partition coefficient (Wildman–Crippen LogP) is 2.66. The van der Waals surface area contributed by atoms with Gasteiger partial charge in [0.05, 0.1) is 6.61 Å². The van der Waals surface area contributed by atoms with Crippen molar-refractivity contribution in [3.63, 3.8) is 0 Å². The van der Waals surface area contributed by atoms with Crippen LogP contribution in [0.1, 0.15) is 68.5 Å². The summed E-state index contributed by atoms with van der Waals surface area (Å²) in [7, 11) is -4.59. The van der Waals surface area contributed by atoms with Crippen LogP contribution in [0.15, 0.2) is 17.1 Å². The van der Waals surface area contributed by atoms with E-state index in [4.69, 9.17) is 13.3 Å². The van der Waals surface area contributed by atoms with Crippen LogP contribution >= 0.6 is 0 Å². The SMILES string of the molecule is CC(=O)Nc1ccn([C@@H]2O[C@H](CO)[C@@H](O[Si](O[SiH](C(C)C)C(C)C)(C(C)C)C(C)C)[C@H]2O)c(=O)n1. The maximum atomic E-state index is 12.6.